The average Bonchev–Trinajstić information content (AvgIpc) is 2.15. The molecule has 0 heterocycles. The molecule has 0 amide bonds. The molecule has 0 aromatic heterocycles. The minimum absolute atomic E-state index is 0.525. The van der Waals surface area contributed by atoms with Crippen LogP contribution in [0.25, 0.3) is 0 Å². The van der Waals surface area contributed by atoms with Crippen LogP contribution in [-0.4, -0.2) is 0 Å². The fourth-order valence-corrected chi connectivity index (χ4v) is 2.05. The maximum atomic E-state index is 2.36. The first-order valence-electron chi connectivity index (χ1n) is 6.99. The summed E-state index contributed by atoms with van der Waals surface area (Å²) in [6.07, 6.45) is 11.4. The molecule has 0 spiro atoms. The Hall–Kier alpha value is 0. The van der Waals surface area contributed by atoms with Crippen LogP contribution in [0.2, 0.25) is 0 Å². The van der Waals surface area contributed by atoms with Crippen LogP contribution in [0.4, 0.5) is 0 Å². The van der Waals surface area contributed by atoms with Crippen molar-refractivity contribution in [3.05, 3.63) is 0 Å². The summed E-state index contributed by atoms with van der Waals surface area (Å²) in [6.45, 7) is 11.7. The summed E-state index contributed by atoms with van der Waals surface area (Å²) in [6, 6.07) is 0. The predicted octanol–water partition coefficient (Wildman–Crippen LogP) is 5.81. The van der Waals surface area contributed by atoms with Crippen molar-refractivity contribution in [2.45, 2.75) is 86.0 Å². The van der Waals surface area contributed by atoms with E-state index in [1.807, 2.05) is 0 Å². The summed E-state index contributed by atoms with van der Waals surface area (Å²) >= 11 is 0. The first-order chi connectivity index (χ1) is 6.99. The minimum atomic E-state index is 0.525. The Bertz CT molecular complexity index is 129. The molecule has 0 aliphatic heterocycles. The van der Waals surface area contributed by atoms with Crippen LogP contribution in [-0.2, 0) is 0 Å². The summed E-state index contributed by atoms with van der Waals surface area (Å²) in [7, 11) is 0. The zero-order valence-electron chi connectivity index (χ0n) is 11.7. The van der Waals surface area contributed by atoms with E-state index < -0.39 is 0 Å². The summed E-state index contributed by atoms with van der Waals surface area (Å²) in [4.78, 5) is 0. The van der Waals surface area contributed by atoms with E-state index in [0.29, 0.717) is 5.41 Å². The van der Waals surface area contributed by atoms with Gasteiger partial charge in [-0.3, -0.25) is 0 Å². The molecule has 1 atom stereocenters. The van der Waals surface area contributed by atoms with Gasteiger partial charge >= 0.3 is 0 Å². The van der Waals surface area contributed by atoms with E-state index >= 15 is 0 Å². The van der Waals surface area contributed by atoms with Crippen LogP contribution in [0.15, 0.2) is 0 Å². The fraction of sp³-hybridized carbons (Fsp3) is 1.00. The zero-order valence-corrected chi connectivity index (χ0v) is 11.7. The number of hydrogen-bond acceptors (Lipinski definition) is 0. The smallest absolute Gasteiger partial charge is 0.0383 e. The molecule has 0 aliphatic carbocycles. The molecular weight excluding hydrogens is 180 g/mol. The van der Waals surface area contributed by atoms with E-state index in [0.717, 1.165) is 5.92 Å². The Balaban J connectivity index is 3.55. The van der Waals surface area contributed by atoms with Gasteiger partial charge in [-0.05, 0) is 24.2 Å². The van der Waals surface area contributed by atoms with E-state index in [1.54, 1.807) is 0 Å². The van der Waals surface area contributed by atoms with Gasteiger partial charge in [-0.2, -0.15) is 0 Å². The third-order valence-electron chi connectivity index (χ3n) is 3.35. The van der Waals surface area contributed by atoms with E-state index in [9.17, 15) is 0 Å². The van der Waals surface area contributed by atoms with Gasteiger partial charge in [0.05, 0.1) is 0 Å². The van der Waals surface area contributed by atoms with Gasteiger partial charge in [0.1, 0.15) is 0 Å². The molecule has 0 unspecified atom stereocenters. The molecular formula is C15H32. The Kier molecular flexibility index (Phi) is 8.19. The average molecular weight is 212 g/mol. The second kappa shape index (κ2) is 8.19. The SMILES string of the molecule is CCCCCC[C@H](CC)CCC(C)(C)C. The Morgan fingerprint density at radius 2 is 1.53 bits per heavy atom. The van der Waals surface area contributed by atoms with Gasteiger partial charge in [0.2, 0.25) is 0 Å². The normalized spacial score (nSPS) is 14.2. The third kappa shape index (κ3) is 10.3. The maximum absolute atomic E-state index is 2.36. The fourth-order valence-electron chi connectivity index (χ4n) is 2.05. The van der Waals surface area contributed by atoms with Crippen molar-refractivity contribution >= 4 is 0 Å². The third-order valence-corrected chi connectivity index (χ3v) is 3.35. The lowest BCUT2D eigenvalue weighted by molar-refractivity contribution is 0.303. The van der Waals surface area contributed by atoms with E-state index in [-0.39, 0.29) is 0 Å². The lowest BCUT2D eigenvalue weighted by Crippen LogP contribution is -2.09. The molecule has 15 heavy (non-hydrogen) atoms. The monoisotopic (exact) mass is 212 g/mol. The van der Waals surface area contributed by atoms with Gasteiger partial charge in [0.25, 0.3) is 0 Å². The van der Waals surface area contributed by atoms with Crippen LogP contribution in [0.1, 0.15) is 86.0 Å². The van der Waals surface area contributed by atoms with Crippen molar-refractivity contribution in [1.82, 2.24) is 0 Å². The quantitative estimate of drug-likeness (QED) is 0.445. The van der Waals surface area contributed by atoms with Crippen LogP contribution >= 0.6 is 0 Å². The van der Waals surface area contributed by atoms with Crippen LogP contribution in [0.5, 0.6) is 0 Å². The molecule has 0 aromatic rings. The summed E-state index contributed by atoms with van der Waals surface area (Å²) in [5.74, 6) is 0.987. The molecule has 0 aromatic carbocycles. The summed E-state index contributed by atoms with van der Waals surface area (Å²) < 4.78 is 0. The Labute approximate surface area is 97.8 Å². The van der Waals surface area contributed by atoms with Gasteiger partial charge < -0.3 is 0 Å². The molecule has 0 saturated heterocycles. The molecule has 92 valence electrons. The molecule has 0 radical (unpaired) electrons. The predicted molar refractivity (Wildman–Crippen MR) is 71.2 cm³/mol. The molecule has 0 nitrogen and oxygen atoms in total. The van der Waals surface area contributed by atoms with E-state index in [4.69, 9.17) is 0 Å². The van der Waals surface area contributed by atoms with E-state index in [2.05, 4.69) is 34.6 Å². The van der Waals surface area contributed by atoms with Crippen molar-refractivity contribution in [2.24, 2.45) is 11.3 Å². The molecule has 0 rings (SSSR count). The topological polar surface area (TPSA) is 0 Å². The van der Waals surface area contributed by atoms with Crippen molar-refractivity contribution in [2.75, 3.05) is 0 Å². The second-order valence-corrected chi connectivity index (χ2v) is 6.22. The highest BCUT2D eigenvalue weighted by Crippen LogP contribution is 2.27. The number of unbranched alkanes of at least 4 members (excludes halogenated alkanes) is 3. The molecule has 0 N–H and O–H groups in total. The molecule has 0 bridgehead atoms. The highest BCUT2D eigenvalue weighted by Gasteiger charge is 2.13. The van der Waals surface area contributed by atoms with E-state index in [1.165, 1.54) is 51.4 Å². The van der Waals surface area contributed by atoms with Gasteiger partial charge in [-0.25, -0.2) is 0 Å². The molecule has 0 saturated carbocycles. The lowest BCUT2D eigenvalue weighted by Gasteiger charge is -2.22. The highest BCUT2D eigenvalue weighted by atomic mass is 14.2. The van der Waals surface area contributed by atoms with Crippen molar-refractivity contribution in [3.8, 4) is 0 Å². The summed E-state index contributed by atoms with van der Waals surface area (Å²) in [5, 5.41) is 0. The molecule has 0 aliphatic rings. The van der Waals surface area contributed by atoms with Gasteiger partial charge in [0.15, 0.2) is 0 Å². The number of hydrogen-bond donors (Lipinski definition) is 0. The first-order valence-corrected chi connectivity index (χ1v) is 6.99. The van der Waals surface area contributed by atoms with Gasteiger partial charge in [-0.1, -0.05) is 73.1 Å². The van der Waals surface area contributed by atoms with Crippen LogP contribution in [0, 0.1) is 11.3 Å². The second-order valence-electron chi connectivity index (χ2n) is 6.22. The Morgan fingerprint density at radius 3 is 2.00 bits per heavy atom. The van der Waals surface area contributed by atoms with Crippen LogP contribution < -0.4 is 0 Å². The minimum Gasteiger partial charge on any atom is -0.0654 e. The molecule has 0 fully saturated rings. The van der Waals surface area contributed by atoms with Crippen molar-refractivity contribution < 1.29 is 0 Å². The standard InChI is InChI=1S/C15H32/c1-6-8-9-10-11-14(7-2)12-13-15(3,4)5/h14H,6-13H2,1-5H3/t14-/m0/s1. The largest absolute Gasteiger partial charge is 0.0654 e. The zero-order chi connectivity index (χ0) is 11.7. The Morgan fingerprint density at radius 1 is 0.867 bits per heavy atom. The summed E-state index contributed by atoms with van der Waals surface area (Å²) in [5.41, 5.74) is 0.525. The van der Waals surface area contributed by atoms with Gasteiger partial charge in [0, 0.05) is 0 Å². The van der Waals surface area contributed by atoms with Crippen LogP contribution in [0.3, 0.4) is 0 Å². The van der Waals surface area contributed by atoms with Crippen molar-refractivity contribution in [3.63, 3.8) is 0 Å². The first kappa shape index (κ1) is 15.0. The number of rotatable bonds is 8. The lowest BCUT2D eigenvalue weighted by atomic mass is 9.84. The molecule has 0 heteroatoms. The van der Waals surface area contributed by atoms with Gasteiger partial charge in [-0.15, -0.1) is 0 Å². The maximum Gasteiger partial charge on any atom is -0.0383 e. The van der Waals surface area contributed by atoms with Crippen molar-refractivity contribution in [1.29, 1.82) is 0 Å². The highest BCUT2D eigenvalue weighted by molar-refractivity contribution is 4.66.